The number of fused-ring (bicyclic) bond motifs is 1. The van der Waals surface area contributed by atoms with Crippen LogP contribution in [0.1, 0.15) is 70.2 Å². The lowest BCUT2D eigenvalue weighted by Crippen LogP contribution is -2.25. The van der Waals surface area contributed by atoms with Crippen LogP contribution in [-0.2, 0) is 0 Å². The molecule has 0 amide bonds. The van der Waals surface area contributed by atoms with E-state index in [9.17, 15) is 14.9 Å². The molecule has 8 nitrogen and oxygen atoms in total. The number of nitro groups is 1. The van der Waals surface area contributed by atoms with Gasteiger partial charge < -0.3 is 4.74 Å². The monoisotopic (exact) mass is 540 g/mol. The molecule has 9 heteroatoms. The van der Waals surface area contributed by atoms with Crippen LogP contribution in [-0.4, -0.2) is 27.4 Å². The molecular weight excluding hydrogens is 512 g/mol. The van der Waals surface area contributed by atoms with Gasteiger partial charge in [-0.25, -0.2) is 4.98 Å². The first-order valence-electron chi connectivity index (χ1n) is 11.8. The Bertz CT molecular complexity index is 1340. The number of benzene rings is 2. The molecule has 0 N–H and O–H groups in total. The molecule has 0 aliphatic heterocycles. The minimum Gasteiger partial charge on any atom is -0.486 e. The van der Waals surface area contributed by atoms with Crippen molar-refractivity contribution >= 4 is 38.7 Å². The zero-order valence-electron chi connectivity index (χ0n) is 20.2. The van der Waals surface area contributed by atoms with Gasteiger partial charge >= 0.3 is 5.69 Å². The summed E-state index contributed by atoms with van der Waals surface area (Å²) in [7, 11) is 0. The minimum absolute atomic E-state index is 0.128. The van der Waals surface area contributed by atoms with Crippen molar-refractivity contribution in [1.29, 1.82) is 0 Å². The molecule has 0 saturated heterocycles. The highest BCUT2D eigenvalue weighted by atomic mass is 79.9. The molecule has 0 bridgehead atoms. The largest absolute Gasteiger partial charge is 0.486 e. The van der Waals surface area contributed by atoms with Crippen LogP contribution in [0.4, 0.5) is 5.69 Å². The van der Waals surface area contributed by atoms with Gasteiger partial charge in [-0.15, -0.1) is 0 Å². The van der Waals surface area contributed by atoms with Crippen molar-refractivity contribution < 1.29 is 9.66 Å². The number of rotatable bonds is 6. The molecule has 184 valence electrons. The number of hydrogen-bond acceptors (Lipinski definition) is 6. The smallest absolute Gasteiger partial charge is 0.311 e. The van der Waals surface area contributed by atoms with E-state index in [0.717, 1.165) is 30.2 Å². The van der Waals surface area contributed by atoms with E-state index in [4.69, 9.17) is 9.72 Å². The topological polar surface area (TPSA) is 99.6 Å². The maximum absolute atomic E-state index is 13.5. The second-order valence-corrected chi connectivity index (χ2v) is 11.0. The number of para-hydroxylation sites is 1. The Kier molecular flexibility index (Phi) is 7.35. The van der Waals surface area contributed by atoms with Crippen molar-refractivity contribution in [2.75, 3.05) is 6.61 Å². The van der Waals surface area contributed by atoms with Crippen LogP contribution in [0.25, 0.3) is 10.9 Å². The number of nitrogens with zero attached hydrogens (tertiary/aromatic N) is 4. The van der Waals surface area contributed by atoms with Gasteiger partial charge in [0.25, 0.3) is 5.56 Å². The van der Waals surface area contributed by atoms with E-state index in [1.54, 1.807) is 18.2 Å². The lowest BCUT2D eigenvalue weighted by molar-refractivity contribution is -0.386. The maximum atomic E-state index is 13.5. The molecule has 1 fully saturated rings. The first-order chi connectivity index (χ1) is 16.6. The average molecular weight is 541 g/mol. The van der Waals surface area contributed by atoms with Crippen LogP contribution >= 0.6 is 15.9 Å². The Morgan fingerprint density at radius 1 is 1.23 bits per heavy atom. The third kappa shape index (κ3) is 5.78. The van der Waals surface area contributed by atoms with Gasteiger partial charge in [-0.3, -0.25) is 14.9 Å². The number of halogens is 1. The van der Waals surface area contributed by atoms with Crippen LogP contribution in [0.2, 0.25) is 0 Å². The summed E-state index contributed by atoms with van der Waals surface area (Å²) in [6.45, 7) is 6.26. The van der Waals surface area contributed by atoms with E-state index in [1.165, 1.54) is 23.4 Å². The fraction of sp³-hybridized carbons (Fsp3) is 0.423. The summed E-state index contributed by atoms with van der Waals surface area (Å²) in [4.78, 5) is 29.6. The summed E-state index contributed by atoms with van der Waals surface area (Å²) in [6, 6.07) is 10.1. The molecule has 0 atom stereocenters. The molecule has 0 radical (unpaired) electrons. The van der Waals surface area contributed by atoms with Crippen LogP contribution in [0.5, 0.6) is 5.75 Å². The first-order valence-corrected chi connectivity index (χ1v) is 12.6. The predicted octanol–water partition coefficient (Wildman–Crippen LogP) is 6.42. The van der Waals surface area contributed by atoms with Crippen molar-refractivity contribution in [2.24, 2.45) is 10.5 Å². The van der Waals surface area contributed by atoms with Gasteiger partial charge in [0.2, 0.25) is 5.75 Å². The molecule has 0 spiro atoms. The van der Waals surface area contributed by atoms with E-state index in [2.05, 4.69) is 21.0 Å². The fourth-order valence-electron chi connectivity index (χ4n) is 4.26. The van der Waals surface area contributed by atoms with Gasteiger partial charge in [-0.05, 0) is 42.5 Å². The molecule has 1 aliphatic carbocycles. The van der Waals surface area contributed by atoms with E-state index in [-0.39, 0.29) is 34.9 Å². The Morgan fingerprint density at radius 2 is 1.97 bits per heavy atom. The standard InChI is InChI=1S/C26H29BrN4O4/c1-26(2,3)16-35-23-18(10-7-11-22(23)31(33)34)15-28-30-24(17-8-5-4-6-9-17)29-21-13-12-19(27)14-20(21)25(30)32/h7,10-15,17H,4-6,8-9,16H2,1-3H3. The molecular formula is C26H29BrN4O4. The molecule has 4 rings (SSSR count). The second kappa shape index (κ2) is 10.3. The lowest BCUT2D eigenvalue weighted by atomic mass is 9.88. The van der Waals surface area contributed by atoms with E-state index >= 15 is 0 Å². The molecule has 1 saturated carbocycles. The molecule has 2 aromatic carbocycles. The van der Waals surface area contributed by atoms with Crippen LogP contribution < -0.4 is 10.3 Å². The van der Waals surface area contributed by atoms with Crippen molar-refractivity contribution in [1.82, 2.24) is 9.66 Å². The normalized spacial score (nSPS) is 15.1. The average Bonchev–Trinajstić information content (AvgIpc) is 2.82. The maximum Gasteiger partial charge on any atom is 0.311 e. The second-order valence-electron chi connectivity index (χ2n) is 10.1. The molecule has 1 aliphatic rings. The predicted molar refractivity (Wildman–Crippen MR) is 141 cm³/mol. The van der Waals surface area contributed by atoms with E-state index in [0.29, 0.717) is 22.3 Å². The Hall–Kier alpha value is -3.07. The highest BCUT2D eigenvalue weighted by Gasteiger charge is 2.24. The van der Waals surface area contributed by atoms with Crippen molar-refractivity contribution in [2.45, 2.75) is 58.8 Å². The van der Waals surface area contributed by atoms with E-state index < -0.39 is 4.92 Å². The summed E-state index contributed by atoms with van der Waals surface area (Å²) in [5.74, 6) is 0.895. The molecule has 0 unspecified atom stereocenters. The Morgan fingerprint density at radius 3 is 2.66 bits per heavy atom. The quantitative estimate of drug-likeness (QED) is 0.204. The summed E-state index contributed by atoms with van der Waals surface area (Å²) in [6.07, 6.45) is 6.69. The van der Waals surface area contributed by atoms with Crippen molar-refractivity contribution in [3.05, 3.63) is 72.7 Å². The third-order valence-corrected chi connectivity index (χ3v) is 6.48. The lowest BCUT2D eigenvalue weighted by Gasteiger charge is -2.23. The zero-order chi connectivity index (χ0) is 25.2. The number of aromatic nitrogens is 2. The van der Waals surface area contributed by atoms with Crippen molar-refractivity contribution in [3.63, 3.8) is 0 Å². The summed E-state index contributed by atoms with van der Waals surface area (Å²) >= 11 is 3.43. The van der Waals surface area contributed by atoms with Gasteiger partial charge in [0.15, 0.2) is 0 Å². The highest BCUT2D eigenvalue weighted by molar-refractivity contribution is 9.10. The fourth-order valence-corrected chi connectivity index (χ4v) is 4.62. The Labute approximate surface area is 212 Å². The SMILES string of the molecule is CC(C)(C)COc1c(C=Nn2c(C3CCCCC3)nc3ccc(Br)cc3c2=O)cccc1[N+](=O)[O-]. The number of hydrogen-bond donors (Lipinski definition) is 0. The minimum atomic E-state index is -0.468. The number of ether oxygens (including phenoxy) is 1. The van der Waals surface area contributed by atoms with Crippen LogP contribution in [0, 0.1) is 15.5 Å². The first kappa shape index (κ1) is 25.0. The molecule has 1 aromatic heterocycles. The third-order valence-electron chi connectivity index (χ3n) is 5.99. The van der Waals surface area contributed by atoms with Gasteiger partial charge in [0, 0.05) is 22.0 Å². The summed E-state index contributed by atoms with van der Waals surface area (Å²) in [5, 5.41) is 16.7. The highest BCUT2D eigenvalue weighted by Crippen LogP contribution is 2.33. The van der Waals surface area contributed by atoms with Crippen LogP contribution in [0.15, 0.2) is 50.8 Å². The Balaban J connectivity index is 1.84. The molecule has 35 heavy (non-hydrogen) atoms. The van der Waals surface area contributed by atoms with Gasteiger partial charge in [0.05, 0.1) is 28.6 Å². The van der Waals surface area contributed by atoms with Crippen molar-refractivity contribution in [3.8, 4) is 5.75 Å². The van der Waals surface area contributed by atoms with Gasteiger partial charge in [-0.1, -0.05) is 62.0 Å². The van der Waals surface area contributed by atoms with Crippen LogP contribution in [0.3, 0.4) is 0 Å². The molecule has 1 heterocycles. The summed E-state index contributed by atoms with van der Waals surface area (Å²) in [5.41, 5.74) is 0.460. The van der Waals surface area contributed by atoms with Gasteiger partial charge in [0.1, 0.15) is 5.82 Å². The van der Waals surface area contributed by atoms with Gasteiger partial charge in [-0.2, -0.15) is 9.78 Å². The molecule has 3 aromatic rings. The zero-order valence-corrected chi connectivity index (χ0v) is 21.7. The number of nitro benzene ring substituents is 1. The summed E-state index contributed by atoms with van der Waals surface area (Å²) < 4.78 is 8.04. The van der Waals surface area contributed by atoms with E-state index in [1.807, 2.05) is 32.9 Å².